The Balaban J connectivity index is 1.01. The Morgan fingerprint density at radius 1 is 1.11 bits per heavy atom. The van der Waals surface area contributed by atoms with Gasteiger partial charge in [0, 0.05) is 50.2 Å². The van der Waals surface area contributed by atoms with E-state index < -0.39 is 5.67 Å². The van der Waals surface area contributed by atoms with E-state index in [0.29, 0.717) is 19.5 Å². The second-order valence-electron chi connectivity index (χ2n) is 10.8. The summed E-state index contributed by atoms with van der Waals surface area (Å²) in [5.41, 5.74) is 4.83. The lowest BCUT2D eigenvalue weighted by molar-refractivity contribution is -0.209. The molecule has 3 saturated carbocycles. The summed E-state index contributed by atoms with van der Waals surface area (Å²) in [5, 5.41) is 12.1. The molecule has 4 fully saturated rings. The van der Waals surface area contributed by atoms with E-state index in [9.17, 15) is 9.18 Å². The molecule has 3 aliphatic carbocycles. The van der Waals surface area contributed by atoms with Crippen LogP contribution in [0.4, 0.5) is 10.1 Å². The third-order valence-electron chi connectivity index (χ3n) is 7.74. The molecule has 9 nitrogen and oxygen atoms in total. The van der Waals surface area contributed by atoms with Crippen molar-refractivity contribution in [1.29, 1.82) is 0 Å². The van der Waals surface area contributed by atoms with Crippen molar-refractivity contribution in [2.24, 2.45) is 5.41 Å². The number of rotatable bonds is 8. The van der Waals surface area contributed by atoms with Crippen LogP contribution in [0.2, 0.25) is 0 Å². The third-order valence-corrected chi connectivity index (χ3v) is 7.74. The number of nitrogens with zero attached hydrogens (tertiary/aromatic N) is 7. The number of fused-ring (bicyclic) bond motifs is 1. The summed E-state index contributed by atoms with van der Waals surface area (Å²) in [5.74, 6) is 0.253. The SMILES string of the molecule is O=C1CCN(c2cncc(-c3cn(Cc4cn5cc(CNCC67CC(F)(C6)C7)ccc5n4)nn3)c2)C1. The quantitative estimate of drug-likeness (QED) is 0.409. The largest absolute Gasteiger partial charge is 0.362 e. The Bertz CT molecular complexity index is 1460. The van der Waals surface area contributed by atoms with Crippen LogP contribution in [0.1, 0.15) is 36.9 Å². The highest BCUT2D eigenvalue weighted by atomic mass is 19.1. The van der Waals surface area contributed by atoms with Crippen molar-refractivity contribution in [2.45, 2.75) is 44.4 Å². The van der Waals surface area contributed by atoms with E-state index in [-0.39, 0.29) is 11.2 Å². The highest BCUT2D eigenvalue weighted by Crippen LogP contribution is 2.69. The highest BCUT2D eigenvalue weighted by molar-refractivity contribution is 5.87. The minimum atomic E-state index is -0.838. The molecule has 5 heterocycles. The average molecular weight is 487 g/mol. The topological polar surface area (TPSA) is 93.2 Å². The highest BCUT2D eigenvalue weighted by Gasteiger charge is 2.68. The number of imidazole rings is 1. The van der Waals surface area contributed by atoms with Gasteiger partial charge in [-0.3, -0.25) is 9.78 Å². The van der Waals surface area contributed by atoms with Gasteiger partial charge in [-0.05, 0) is 42.4 Å². The molecule has 0 spiro atoms. The van der Waals surface area contributed by atoms with Crippen molar-refractivity contribution >= 4 is 17.1 Å². The molecule has 8 rings (SSSR count). The molecule has 4 aromatic rings. The fraction of sp³-hybridized carbons (Fsp3) is 0.423. The monoisotopic (exact) mass is 486 g/mol. The van der Waals surface area contributed by atoms with Crippen LogP contribution in [-0.2, 0) is 17.9 Å². The lowest BCUT2D eigenvalue weighted by atomic mass is 9.42. The molecule has 184 valence electrons. The summed E-state index contributed by atoms with van der Waals surface area (Å²) >= 11 is 0. The van der Waals surface area contributed by atoms with Crippen LogP contribution in [0.15, 0.2) is 49.2 Å². The Kier molecular flexibility index (Phi) is 4.76. The first-order valence-corrected chi connectivity index (χ1v) is 12.4. The number of carbonyl (C=O) groups is 1. The van der Waals surface area contributed by atoms with E-state index in [2.05, 4.69) is 32.9 Å². The zero-order valence-electron chi connectivity index (χ0n) is 19.9. The molecule has 1 N–H and O–H groups in total. The second-order valence-corrected chi connectivity index (χ2v) is 10.8. The summed E-state index contributed by atoms with van der Waals surface area (Å²) in [7, 11) is 0. The van der Waals surface area contributed by atoms with Crippen molar-refractivity contribution in [3.63, 3.8) is 0 Å². The van der Waals surface area contributed by atoms with E-state index in [1.165, 1.54) is 5.56 Å². The first-order valence-electron chi connectivity index (χ1n) is 12.4. The average Bonchev–Trinajstić information content (AvgIpc) is 3.57. The molecule has 0 aromatic carbocycles. The summed E-state index contributed by atoms with van der Waals surface area (Å²) in [6.07, 6.45) is 12.3. The number of hydrogen-bond acceptors (Lipinski definition) is 7. The zero-order chi connectivity index (χ0) is 24.3. The molecule has 0 amide bonds. The molecule has 0 radical (unpaired) electrons. The number of aromatic nitrogens is 6. The lowest BCUT2D eigenvalue weighted by Crippen LogP contribution is -2.67. The molecule has 0 unspecified atom stereocenters. The molecule has 1 aliphatic heterocycles. The lowest BCUT2D eigenvalue weighted by Gasteiger charge is -2.66. The third kappa shape index (κ3) is 3.85. The van der Waals surface area contributed by atoms with E-state index in [1.54, 1.807) is 17.1 Å². The summed E-state index contributed by atoms with van der Waals surface area (Å²) in [4.78, 5) is 22.7. The Morgan fingerprint density at radius 3 is 2.81 bits per heavy atom. The van der Waals surface area contributed by atoms with E-state index in [1.807, 2.05) is 33.8 Å². The van der Waals surface area contributed by atoms with Gasteiger partial charge in [-0.25, -0.2) is 14.1 Å². The number of halogens is 1. The van der Waals surface area contributed by atoms with Gasteiger partial charge >= 0.3 is 0 Å². The van der Waals surface area contributed by atoms with Gasteiger partial charge in [-0.15, -0.1) is 5.10 Å². The molecule has 0 atom stereocenters. The number of carbonyl (C=O) groups excluding carboxylic acids is 1. The van der Waals surface area contributed by atoms with E-state index in [4.69, 9.17) is 4.98 Å². The van der Waals surface area contributed by atoms with Gasteiger partial charge in [-0.1, -0.05) is 11.3 Å². The summed E-state index contributed by atoms with van der Waals surface area (Å²) in [6.45, 7) is 3.31. The van der Waals surface area contributed by atoms with Crippen molar-refractivity contribution in [3.05, 3.63) is 60.4 Å². The minimum absolute atomic E-state index is 0.211. The van der Waals surface area contributed by atoms with Crippen molar-refractivity contribution in [2.75, 3.05) is 24.5 Å². The molecular weight excluding hydrogens is 459 g/mol. The summed E-state index contributed by atoms with van der Waals surface area (Å²) < 4.78 is 17.5. The number of Topliss-reactive ketones (excluding diaryl/α,β-unsaturated/α-hetero) is 1. The number of anilines is 1. The number of hydrogen-bond donors (Lipinski definition) is 1. The second kappa shape index (κ2) is 7.92. The summed E-state index contributed by atoms with van der Waals surface area (Å²) in [6, 6.07) is 6.11. The Labute approximate surface area is 207 Å². The maximum absolute atomic E-state index is 13.7. The van der Waals surface area contributed by atoms with Crippen LogP contribution in [0, 0.1) is 5.41 Å². The standard InChI is InChI=1S/C26H27FN8O/c27-26-14-25(15-26,16-26)17-29-6-18-1-2-24-30-20(10-34(24)9-18)11-35-13-23(31-32-35)19-5-21(8-28-7-19)33-4-3-22(36)12-33/h1-2,5,7-10,13,29H,3-4,6,11-12,14-17H2. The van der Waals surface area contributed by atoms with Gasteiger partial charge in [0.05, 0.1) is 36.9 Å². The Morgan fingerprint density at radius 2 is 2.00 bits per heavy atom. The van der Waals surface area contributed by atoms with Gasteiger partial charge in [0.2, 0.25) is 0 Å². The van der Waals surface area contributed by atoms with Crippen LogP contribution >= 0.6 is 0 Å². The van der Waals surface area contributed by atoms with Gasteiger partial charge in [-0.2, -0.15) is 0 Å². The van der Waals surface area contributed by atoms with Crippen LogP contribution in [0.25, 0.3) is 16.9 Å². The number of alkyl halides is 1. The number of nitrogens with one attached hydrogen (secondary N) is 1. The molecule has 36 heavy (non-hydrogen) atoms. The van der Waals surface area contributed by atoms with Gasteiger partial charge in [0.15, 0.2) is 5.78 Å². The smallest absolute Gasteiger partial charge is 0.153 e. The zero-order valence-corrected chi connectivity index (χ0v) is 19.9. The first-order chi connectivity index (χ1) is 17.4. The van der Waals surface area contributed by atoms with Gasteiger partial charge in [0.1, 0.15) is 17.0 Å². The van der Waals surface area contributed by atoms with E-state index in [0.717, 1.165) is 67.2 Å². The number of pyridine rings is 2. The predicted molar refractivity (Wildman–Crippen MR) is 131 cm³/mol. The van der Waals surface area contributed by atoms with Crippen LogP contribution in [0.3, 0.4) is 0 Å². The fourth-order valence-electron chi connectivity index (χ4n) is 6.06. The van der Waals surface area contributed by atoms with Crippen LogP contribution in [-0.4, -0.2) is 60.4 Å². The maximum Gasteiger partial charge on any atom is 0.153 e. The van der Waals surface area contributed by atoms with Crippen molar-refractivity contribution in [1.82, 2.24) is 34.7 Å². The Hall–Kier alpha value is -3.66. The van der Waals surface area contributed by atoms with Crippen LogP contribution in [0.5, 0.6) is 0 Å². The van der Waals surface area contributed by atoms with Crippen LogP contribution < -0.4 is 10.2 Å². The maximum atomic E-state index is 13.7. The molecular formula is C26H27FN8O. The van der Waals surface area contributed by atoms with E-state index >= 15 is 0 Å². The fourth-order valence-corrected chi connectivity index (χ4v) is 6.06. The number of ketones is 1. The van der Waals surface area contributed by atoms with Gasteiger partial charge in [0.25, 0.3) is 0 Å². The molecule has 2 bridgehead atoms. The predicted octanol–water partition coefficient (Wildman–Crippen LogP) is 2.80. The van der Waals surface area contributed by atoms with Crippen molar-refractivity contribution < 1.29 is 9.18 Å². The minimum Gasteiger partial charge on any atom is -0.362 e. The molecule has 4 aliphatic rings. The molecule has 10 heteroatoms. The molecule has 1 saturated heterocycles. The van der Waals surface area contributed by atoms with Gasteiger partial charge < -0.3 is 14.6 Å². The van der Waals surface area contributed by atoms with Crippen molar-refractivity contribution in [3.8, 4) is 11.3 Å². The normalized spacial score (nSPS) is 24.8. The first kappa shape index (κ1) is 21.6. The molecule has 4 aromatic heterocycles.